The van der Waals surface area contributed by atoms with E-state index in [0.717, 1.165) is 29.6 Å². The van der Waals surface area contributed by atoms with Crippen molar-refractivity contribution in [1.82, 2.24) is 9.80 Å². The van der Waals surface area contributed by atoms with Crippen LogP contribution in [0, 0.1) is 12.8 Å². The molecule has 0 saturated carbocycles. The van der Waals surface area contributed by atoms with Gasteiger partial charge in [-0.2, -0.15) is 11.8 Å². The van der Waals surface area contributed by atoms with Crippen molar-refractivity contribution in [2.24, 2.45) is 5.92 Å². The van der Waals surface area contributed by atoms with Crippen LogP contribution >= 0.6 is 11.8 Å². The number of aryl methyl sites for hydroxylation is 1. The van der Waals surface area contributed by atoms with E-state index in [0.29, 0.717) is 13.0 Å². The Kier molecular flexibility index (Phi) is 3.97. The van der Waals surface area contributed by atoms with Crippen LogP contribution < -0.4 is 0 Å². The Morgan fingerprint density at radius 3 is 2.86 bits per heavy atom. The fraction of sp³-hybridized carbons (Fsp3) is 0.600. The van der Waals surface area contributed by atoms with Gasteiger partial charge < -0.3 is 14.2 Å². The molecule has 0 unspecified atom stereocenters. The minimum absolute atomic E-state index is 0.00837. The van der Waals surface area contributed by atoms with Crippen molar-refractivity contribution in [1.29, 1.82) is 0 Å². The molecule has 21 heavy (non-hydrogen) atoms. The molecule has 2 atom stereocenters. The van der Waals surface area contributed by atoms with Crippen LogP contribution in [0.2, 0.25) is 0 Å². The molecular weight excluding hydrogens is 288 g/mol. The lowest BCUT2D eigenvalue weighted by molar-refractivity contribution is -0.138. The SMILES string of the molecule is Cc1ccc([C@@H]2CSCCN2C(=O)[C@H]2CC(=O)N(C)C2)o1. The zero-order valence-corrected chi connectivity index (χ0v) is 13.2. The van der Waals surface area contributed by atoms with E-state index in [2.05, 4.69) is 0 Å². The maximum Gasteiger partial charge on any atom is 0.228 e. The first kappa shape index (κ1) is 14.5. The summed E-state index contributed by atoms with van der Waals surface area (Å²) in [6.07, 6.45) is 0.336. The number of thioether (sulfide) groups is 1. The van der Waals surface area contributed by atoms with Crippen molar-refractivity contribution in [3.8, 4) is 0 Å². The van der Waals surface area contributed by atoms with Crippen LogP contribution in [0.4, 0.5) is 0 Å². The summed E-state index contributed by atoms with van der Waals surface area (Å²) in [5.74, 6) is 3.46. The molecule has 0 aromatic carbocycles. The van der Waals surface area contributed by atoms with Gasteiger partial charge in [0.1, 0.15) is 11.5 Å². The molecule has 3 heterocycles. The van der Waals surface area contributed by atoms with Gasteiger partial charge >= 0.3 is 0 Å². The summed E-state index contributed by atoms with van der Waals surface area (Å²) in [7, 11) is 1.76. The van der Waals surface area contributed by atoms with Gasteiger partial charge in [-0.15, -0.1) is 0 Å². The van der Waals surface area contributed by atoms with E-state index >= 15 is 0 Å². The Labute approximate surface area is 128 Å². The fourth-order valence-electron chi connectivity index (χ4n) is 3.00. The van der Waals surface area contributed by atoms with E-state index in [-0.39, 0.29) is 23.8 Å². The Hall–Kier alpha value is -1.43. The molecular formula is C15H20N2O3S. The zero-order chi connectivity index (χ0) is 15.0. The predicted molar refractivity (Wildman–Crippen MR) is 81.0 cm³/mol. The van der Waals surface area contributed by atoms with Crippen LogP contribution in [0.1, 0.15) is 24.0 Å². The molecule has 2 aliphatic heterocycles. The van der Waals surface area contributed by atoms with Crippen molar-refractivity contribution >= 4 is 23.6 Å². The summed E-state index contributed by atoms with van der Waals surface area (Å²) in [4.78, 5) is 28.0. The van der Waals surface area contributed by atoms with Crippen LogP contribution in [-0.2, 0) is 9.59 Å². The molecule has 0 bridgehead atoms. The molecule has 0 radical (unpaired) electrons. The minimum Gasteiger partial charge on any atom is -0.464 e. The first-order chi connectivity index (χ1) is 10.1. The molecule has 2 fully saturated rings. The number of hydrogen-bond acceptors (Lipinski definition) is 4. The second-order valence-corrected chi connectivity index (χ2v) is 6.90. The molecule has 2 aliphatic rings. The van der Waals surface area contributed by atoms with Gasteiger partial charge in [0.2, 0.25) is 11.8 Å². The zero-order valence-electron chi connectivity index (χ0n) is 12.4. The summed E-state index contributed by atoms with van der Waals surface area (Å²) in [6.45, 7) is 3.17. The van der Waals surface area contributed by atoms with Gasteiger partial charge in [0.05, 0.1) is 12.0 Å². The quantitative estimate of drug-likeness (QED) is 0.834. The predicted octanol–water partition coefficient (Wildman–Crippen LogP) is 1.68. The Bertz CT molecular complexity index is 557. The van der Waals surface area contributed by atoms with Gasteiger partial charge in [-0.1, -0.05) is 0 Å². The van der Waals surface area contributed by atoms with Crippen molar-refractivity contribution in [2.75, 3.05) is 31.6 Å². The number of carbonyl (C=O) groups is 2. The number of likely N-dealkylation sites (tertiary alicyclic amines) is 1. The number of carbonyl (C=O) groups excluding carboxylic acids is 2. The number of hydrogen-bond donors (Lipinski definition) is 0. The van der Waals surface area contributed by atoms with Crippen LogP contribution in [0.3, 0.4) is 0 Å². The lowest BCUT2D eigenvalue weighted by atomic mass is 10.1. The Morgan fingerprint density at radius 2 is 2.24 bits per heavy atom. The molecule has 2 amide bonds. The van der Waals surface area contributed by atoms with Crippen molar-refractivity contribution in [3.05, 3.63) is 23.7 Å². The largest absolute Gasteiger partial charge is 0.464 e. The molecule has 5 nitrogen and oxygen atoms in total. The molecule has 114 valence electrons. The summed E-state index contributed by atoms with van der Waals surface area (Å²) in [6, 6.07) is 3.88. The van der Waals surface area contributed by atoms with E-state index in [4.69, 9.17) is 4.42 Å². The van der Waals surface area contributed by atoms with Gasteiger partial charge in [-0.25, -0.2) is 0 Å². The maximum atomic E-state index is 12.8. The fourth-order valence-corrected chi connectivity index (χ4v) is 4.06. The lowest BCUT2D eigenvalue weighted by Crippen LogP contribution is -2.44. The van der Waals surface area contributed by atoms with Crippen LogP contribution in [-0.4, -0.2) is 53.3 Å². The normalized spacial score (nSPS) is 26.5. The second kappa shape index (κ2) is 5.75. The van der Waals surface area contributed by atoms with Gasteiger partial charge in [0.15, 0.2) is 0 Å². The first-order valence-corrected chi connectivity index (χ1v) is 8.40. The average molecular weight is 308 g/mol. The third-order valence-corrected chi connectivity index (χ3v) is 5.21. The molecule has 0 N–H and O–H groups in total. The molecule has 6 heteroatoms. The molecule has 0 spiro atoms. The maximum absolute atomic E-state index is 12.8. The van der Waals surface area contributed by atoms with E-state index in [1.807, 2.05) is 35.7 Å². The van der Waals surface area contributed by atoms with Crippen LogP contribution in [0.5, 0.6) is 0 Å². The van der Waals surface area contributed by atoms with Crippen molar-refractivity contribution < 1.29 is 14.0 Å². The number of furan rings is 1. The highest BCUT2D eigenvalue weighted by Crippen LogP contribution is 2.33. The van der Waals surface area contributed by atoms with Crippen LogP contribution in [0.15, 0.2) is 16.5 Å². The third kappa shape index (κ3) is 2.81. The molecule has 3 rings (SSSR count). The highest BCUT2D eigenvalue weighted by atomic mass is 32.2. The Balaban J connectivity index is 1.78. The summed E-state index contributed by atoms with van der Waals surface area (Å²) in [5, 5.41) is 0. The molecule has 2 saturated heterocycles. The highest BCUT2D eigenvalue weighted by molar-refractivity contribution is 7.99. The standard InChI is InChI=1S/C15H20N2O3S/c1-10-3-4-13(20-10)12-9-21-6-5-17(12)15(19)11-7-14(18)16(2)8-11/h3-4,11-12H,5-9H2,1-2H3/t11-,12-/m0/s1. The van der Waals surface area contributed by atoms with Crippen LogP contribution in [0.25, 0.3) is 0 Å². The van der Waals surface area contributed by atoms with E-state index < -0.39 is 0 Å². The average Bonchev–Trinajstić information content (AvgIpc) is 3.05. The van der Waals surface area contributed by atoms with E-state index in [9.17, 15) is 9.59 Å². The molecule has 0 aliphatic carbocycles. The van der Waals surface area contributed by atoms with E-state index in [1.54, 1.807) is 11.9 Å². The highest BCUT2D eigenvalue weighted by Gasteiger charge is 2.39. The third-order valence-electron chi connectivity index (χ3n) is 4.19. The summed E-state index contributed by atoms with van der Waals surface area (Å²) < 4.78 is 5.72. The van der Waals surface area contributed by atoms with Crippen molar-refractivity contribution in [3.63, 3.8) is 0 Å². The lowest BCUT2D eigenvalue weighted by Gasteiger charge is -2.35. The molecule has 1 aromatic rings. The number of rotatable bonds is 2. The Morgan fingerprint density at radius 1 is 1.43 bits per heavy atom. The summed E-state index contributed by atoms with van der Waals surface area (Å²) in [5.41, 5.74) is 0. The smallest absolute Gasteiger partial charge is 0.228 e. The first-order valence-electron chi connectivity index (χ1n) is 7.25. The summed E-state index contributed by atoms with van der Waals surface area (Å²) >= 11 is 1.84. The van der Waals surface area contributed by atoms with Gasteiger partial charge in [-0.05, 0) is 19.1 Å². The van der Waals surface area contributed by atoms with E-state index in [1.165, 1.54) is 0 Å². The minimum atomic E-state index is -0.204. The topological polar surface area (TPSA) is 53.8 Å². The number of amides is 2. The monoisotopic (exact) mass is 308 g/mol. The van der Waals surface area contributed by atoms with Gasteiger partial charge in [0, 0.05) is 38.1 Å². The molecule has 1 aromatic heterocycles. The second-order valence-electron chi connectivity index (χ2n) is 5.75. The van der Waals surface area contributed by atoms with Crippen molar-refractivity contribution in [2.45, 2.75) is 19.4 Å². The van der Waals surface area contributed by atoms with Gasteiger partial charge in [0.25, 0.3) is 0 Å². The van der Waals surface area contributed by atoms with Gasteiger partial charge in [-0.3, -0.25) is 9.59 Å². The number of nitrogens with zero attached hydrogens (tertiary/aromatic N) is 2.